The van der Waals surface area contributed by atoms with Crippen LogP contribution in [-0.2, 0) is 6.54 Å². The van der Waals surface area contributed by atoms with Crippen molar-refractivity contribution in [2.75, 3.05) is 6.54 Å². The number of nitrogens with zero attached hydrogens (tertiary/aromatic N) is 3. The third-order valence-electron chi connectivity index (χ3n) is 4.98. The molecule has 0 spiro atoms. The Morgan fingerprint density at radius 2 is 1.91 bits per heavy atom. The van der Waals surface area contributed by atoms with Crippen molar-refractivity contribution in [1.29, 1.82) is 0 Å². The molecule has 0 saturated carbocycles. The first-order chi connectivity index (χ1) is 15.3. The van der Waals surface area contributed by atoms with E-state index in [0.717, 1.165) is 18.6 Å². The molecule has 1 heterocycles. The highest BCUT2D eigenvalue weighted by Gasteiger charge is 2.25. The molecule has 2 aromatic carbocycles. The molecule has 0 saturated heterocycles. The van der Waals surface area contributed by atoms with E-state index in [9.17, 15) is 13.6 Å². The van der Waals surface area contributed by atoms with Crippen molar-refractivity contribution in [1.82, 2.24) is 20.0 Å². The van der Waals surface area contributed by atoms with Gasteiger partial charge in [0.2, 0.25) is 5.88 Å². The number of para-hydroxylation sites is 1. The average molecular weight is 443 g/mol. The second-order valence-electron chi connectivity index (χ2n) is 7.75. The number of ether oxygens (including phenoxy) is 1. The first-order valence-electron chi connectivity index (χ1n) is 10.6. The molecule has 8 heteroatoms. The van der Waals surface area contributed by atoms with E-state index in [1.54, 1.807) is 9.58 Å². The Balaban J connectivity index is 2.06. The van der Waals surface area contributed by atoms with Crippen molar-refractivity contribution in [3.05, 3.63) is 71.4 Å². The van der Waals surface area contributed by atoms with Crippen LogP contribution in [0.4, 0.5) is 13.6 Å². The van der Waals surface area contributed by atoms with E-state index in [-0.39, 0.29) is 30.2 Å². The number of aromatic nitrogens is 2. The van der Waals surface area contributed by atoms with Gasteiger partial charge in [0.1, 0.15) is 5.82 Å². The molecule has 0 fully saturated rings. The van der Waals surface area contributed by atoms with Gasteiger partial charge in [-0.25, -0.2) is 18.3 Å². The Morgan fingerprint density at radius 1 is 1.19 bits per heavy atom. The van der Waals surface area contributed by atoms with Crippen LogP contribution < -0.4 is 10.1 Å². The van der Waals surface area contributed by atoms with Gasteiger partial charge in [0.25, 0.3) is 0 Å². The molecule has 2 amide bonds. The smallest absolute Gasteiger partial charge is 0.317 e. The molecule has 1 aromatic heterocycles. The number of hydrogen-bond acceptors (Lipinski definition) is 3. The molecule has 3 aromatic rings. The first kappa shape index (κ1) is 23.2. The zero-order valence-corrected chi connectivity index (χ0v) is 18.7. The number of nitrogens with one attached hydrogen (secondary N) is 1. The maximum absolute atomic E-state index is 14.4. The zero-order chi connectivity index (χ0) is 23.3. The fourth-order valence-corrected chi connectivity index (χ4v) is 3.22. The Labute approximate surface area is 186 Å². The molecular weight excluding hydrogens is 414 g/mol. The topological polar surface area (TPSA) is 59.4 Å². The normalized spacial score (nSPS) is 11.0. The predicted molar refractivity (Wildman–Crippen MR) is 119 cm³/mol. The number of hydrogen-bond donors (Lipinski definition) is 1. The summed E-state index contributed by atoms with van der Waals surface area (Å²) < 4.78 is 35.3. The van der Waals surface area contributed by atoms with Gasteiger partial charge < -0.3 is 15.0 Å². The number of carbonyl (C=O) groups is 1. The fraction of sp³-hybridized carbons (Fsp3) is 0.333. The minimum absolute atomic E-state index is 0.0956. The van der Waals surface area contributed by atoms with E-state index >= 15 is 0 Å². The fourth-order valence-electron chi connectivity index (χ4n) is 3.22. The van der Waals surface area contributed by atoms with E-state index in [0.29, 0.717) is 23.5 Å². The lowest BCUT2D eigenvalue weighted by Gasteiger charge is -2.27. The highest BCUT2D eigenvalue weighted by atomic mass is 19.1. The standard InChI is InChI=1S/C24H28F2N4O2/c1-5-13-27-24(31)29(16(2)3)15-20-17(4)28-30(19-9-7-6-8-10-19)23(20)32-22-12-11-18(25)14-21(22)26/h6-12,14,16H,5,13,15H2,1-4H3,(H,27,31). The molecule has 0 bridgehead atoms. The first-order valence-corrected chi connectivity index (χ1v) is 10.6. The summed E-state index contributed by atoms with van der Waals surface area (Å²) in [5.41, 5.74) is 1.99. The minimum atomic E-state index is -0.823. The molecule has 6 nitrogen and oxygen atoms in total. The zero-order valence-electron chi connectivity index (χ0n) is 18.7. The molecule has 3 rings (SSSR count). The van der Waals surface area contributed by atoms with Gasteiger partial charge in [-0.1, -0.05) is 25.1 Å². The molecule has 1 N–H and O–H groups in total. The number of rotatable bonds is 8. The highest BCUT2D eigenvalue weighted by molar-refractivity contribution is 5.74. The second kappa shape index (κ2) is 10.3. The predicted octanol–water partition coefficient (Wildman–Crippen LogP) is 5.58. The Kier molecular flexibility index (Phi) is 7.45. The molecule has 0 unspecified atom stereocenters. The van der Waals surface area contributed by atoms with Crippen LogP contribution in [0.15, 0.2) is 48.5 Å². The summed E-state index contributed by atoms with van der Waals surface area (Å²) in [5.74, 6) is -1.37. The van der Waals surface area contributed by atoms with Crippen LogP contribution in [0, 0.1) is 18.6 Å². The summed E-state index contributed by atoms with van der Waals surface area (Å²) in [6.07, 6.45) is 0.820. The maximum atomic E-state index is 14.4. The molecule has 0 radical (unpaired) electrons. The SMILES string of the molecule is CCCNC(=O)N(Cc1c(C)nn(-c2ccccc2)c1Oc1ccc(F)cc1F)C(C)C. The van der Waals surface area contributed by atoms with Crippen molar-refractivity contribution >= 4 is 6.03 Å². The number of urea groups is 1. The van der Waals surface area contributed by atoms with Gasteiger partial charge in [-0.05, 0) is 51.5 Å². The summed E-state index contributed by atoms with van der Waals surface area (Å²) >= 11 is 0. The number of benzene rings is 2. The van der Waals surface area contributed by atoms with Gasteiger partial charge in [0.05, 0.1) is 23.5 Å². The number of carbonyl (C=O) groups excluding carboxylic acids is 1. The van der Waals surface area contributed by atoms with Crippen LogP contribution in [0.3, 0.4) is 0 Å². The van der Waals surface area contributed by atoms with Gasteiger partial charge in [-0.3, -0.25) is 0 Å². The largest absolute Gasteiger partial charge is 0.435 e. The molecular formula is C24H28F2N4O2. The summed E-state index contributed by atoms with van der Waals surface area (Å²) in [4.78, 5) is 14.4. The molecule has 32 heavy (non-hydrogen) atoms. The van der Waals surface area contributed by atoms with E-state index in [1.165, 1.54) is 6.07 Å². The van der Waals surface area contributed by atoms with Crippen molar-refractivity contribution < 1.29 is 18.3 Å². The number of halogens is 2. The van der Waals surface area contributed by atoms with E-state index in [4.69, 9.17) is 4.74 Å². The van der Waals surface area contributed by atoms with E-state index in [2.05, 4.69) is 10.4 Å². The van der Waals surface area contributed by atoms with Crippen molar-refractivity contribution in [3.8, 4) is 17.3 Å². The molecule has 0 aliphatic rings. The number of amides is 2. The molecule has 170 valence electrons. The van der Waals surface area contributed by atoms with Gasteiger partial charge in [-0.15, -0.1) is 0 Å². The molecule has 0 aliphatic carbocycles. The van der Waals surface area contributed by atoms with Crippen LogP contribution in [0.2, 0.25) is 0 Å². The van der Waals surface area contributed by atoms with Crippen molar-refractivity contribution in [3.63, 3.8) is 0 Å². The van der Waals surface area contributed by atoms with Crippen molar-refractivity contribution in [2.24, 2.45) is 0 Å². The Bertz CT molecular complexity index is 1070. The minimum Gasteiger partial charge on any atom is -0.435 e. The van der Waals surface area contributed by atoms with Crippen LogP contribution in [0.1, 0.15) is 38.4 Å². The van der Waals surface area contributed by atoms with Crippen LogP contribution in [0.5, 0.6) is 11.6 Å². The van der Waals surface area contributed by atoms with Crippen LogP contribution in [-0.4, -0.2) is 33.3 Å². The van der Waals surface area contributed by atoms with Crippen molar-refractivity contribution in [2.45, 2.75) is 46.7 Å². The quantitative estimate of drug-likeness (QED) is 0.495. The maximum Gasteiger partial charge on any atom is 0.317 e. The van der Waals surface area contributed by atoms with Gasteiger partial charge in [0.15, 0.2) is 11.6 Å². The summed E-state index contributed by atoms with van der Waals surface area (Å²) in [6.45, 7) is 8.41. The summed E-state index contributed by atoms with van der Waals surface area (Å²) in [5, 5.41) is 7.49. The molecule has 0 atom stereocenters. The van der Waals surface area contributed by atoms with Crippen LogP contribution in [0.25, 0.3) is 5.69 Å². The lowest BCUT2D eigenvalue weighted by atomic mass is 10.2. The van der Waals surface area contributed by atoms with Gasteiger partial charge in [-0.2, -0.15) is 5.10 Å². The summed E-state index contributed by atoms with van der Waals surface area (Å²) in [6, 6.07) is 12.1. The summed E-state index contributed by atoms with van der Waals surface area (Å²) in [7, 11) is 0. The highest BCUT2D eigenvalue weighted by Crippen LogP contribution is 2.33. The number of aryl methyl sites for hydroxylation is 1. The van der Waals surface area contributed by atoms with Gasteiger partial charge >= 0.3 is 6.03 Å². The van der Waals surface area contributed by atoms with Crippen LogP contribution >= 0.6 is 0 Å². The average Bonchev–Trinajstić information content (AvgIpc) is 3.07. The third kappa shape index (κ3) is 5.25. The Morgan fingerprint density at radius 3 is 2.53 bits per heavy atom. The monoisotopic (exact) mass is 442 g/mol. The van der Waals surface area contributed by atoms with E-state index in [1.807, 2.05) is 58.0 Å². The third-order valence-corrected chi connectivity index (χ3v) is 4.98. The van der Waals surface area contributed by atoms with E-state index < -0.39 is 11.6 Å². The Hall–Kier alpha value is -3.42. The second-order valence-corrected chi connectivity index (χ2v) is 7.75. The van der Waals surface area contributed by atoms with Gasteiger partial charge in [0, 0.05) is 18.7 Å². The lowest BCUT2D eigenvalue weighted by molar-refractivity contribution is 0.179. The lowest BCUT2D eigenvalue weighted by Crippen LogP contribution is -2.43. The molecule has 0 aliphatic heterocycles.